The van der Waals surface area contributed by atoms with Crippen molar-refractivity contribution in [1.82, 2.24) is 25.3 Å². The van der Waals surface area contributed by atoms with Crippen LogP contribution in [-0.2, 0) is 26.6 Å². The van der Waals surface area contributed by atoms with E-state index >= 15 is 0 Å². The van der Waals surface area contributed by atoms with E-state index in [-0.39, 0.29) is 5.54 Å². The second kappa shape index (κ2) is 8.57. The van der Waals surface area contributed by atoms with Crippen LogP contribution in [0.25, 0.3) is 0 Å². The van der Waals surface area contributed by atoms with E-state index in [1.54, 1.807) is 0 Å². The number of rotatable bonds is 6. The molecule has 2 aromatic rings. The predicted molar refractivity (Wildman–Crippen MR) is 111 cm³/mol. The second-order valence-corrected chi connectivity index (χ2v) is 7.75. The molecular weight excluding hydrogens is 336 g/mol. The number of guanidine groups is 1. The standard InChI is InChI=1S/C21H32N6/c1-5-22-20(23-14-19-10-12-25-26(19)4)24-16-21(2,3)27-13-11-17-8-6-7-9-18(17)15-27/h6-10,12H,5,11,13-16H2,1-4H3,(H2,22,23,24). The minimum Gasteiger partial charge on any atom is -0.357 e. The van der Waals surface area contributed by atoms with Crippen molar-refractivity contribution >= 4 is 5.96 Å². The molecule has 0 spiro atoms. The van der Waals surface area contributed by atoms with Crippen molar-refractivity contribution in [3.63, 3.8) is 0 Å². The van der Waals surface area contributed by atoms with Crippen LogP contribution in [0.2, 0.25) is 0 Å². The molecular formula is C21H32N6. The van der Waals surface area contributed by atoms with Crippen LogP contribution >= 0.6 is 0 Å². The monoisotopic (exact) mass is 368 g/mol. The minimum absolute atomic E-state index is 0.0379. The lowest BCUT2D eigenvalue weighted by Crippen LogP contribution is -2.54. The van der Waals surface area contributed by atoms with Crippen molar-refractivity contribution in [3.8, 4) is 0 Å². The summed E-state index contributed by atoms with van der Waals surface area (Å²) in [5, 5.41) is 11.1. The Labute approximate surface area is 162 Å². The normalized spacial score (nSPS) is 15.5. The van der Waals surface area contributed by atoms with Gasteiger partial charge in [-0.3, -0.25) is 9.58 Å². The van der Waals surface area contributed by atoms with E-state index in [1.165, 1.54) is 11.1 Å². The Morgan fingerprint density at radius 1 is 1.19 bits per heavy atom. The first kappa shape index (κ1) is 19.4. The van der Waals surface area contributed by atoms with E-state index < -0.39 is 0 Å². The quantitative estimate of drug-likeness (QED) is 0.607. The summed E-state index contributed by atoms with van der Waals surface area (Å²) in [4.78, 5) is 7.28. The van der Waals surface area contributed by atoms with Crippen LogP contribution < -0.4 is 10.6 Å². The lowest BCUT2D eigenvalue weighted by Gasteiger charge is -2.42. The Balaban J connectivity index is 1.61. The molecule has 0 saturated heterocycles. The van der Waals surface area contributed by atoms with Crippen molar-refractivity contribution in [2.75, 3.05) is 19.6 Å². The van der Waals surface area contributed by atoms with Crippen LogP contribution in [0.15, 0.2) is 41.5 Å². The molecule has 3 rings (SSSR count). The van der Waals surface area contributed by atoms with E-state index in [0.29, 0.717) is 6.54 Å². The zero-order chi connectivity index (χ0) is 19.3. The van der Waals surface area contributed by atoms with Crippen LogP contribution in [0.5, 0.6) is 0 Å². The molecule has 0 fully saturated rings. The highest BCUT2D eigenvalue weighted by molar-refractivity contribution is 5.79. The zero-order valence-electron chi connectivity index (χ0n) is 17.0. The molecule has 0 radical (unpaired) electrons. The fourth-order valence-electron chi connectivity index (χ4n) is 3.48. The topological polar surface area (TPSA) is 57.5 Å². The maximum atomic E-state index is 4.72. The highest BCUT2D eigenvalue weighted by atomic mass is 15.3. The van der Waals surface area contributed by atoms with Gasteiger partial charge in [-0.15, -0.1) is 0 Å². The van der Waals surface area contributed by atoms with Gasteiger partial charge in [0.2, 0.25) is 0 Å². The van der Waals surface area contributed by atoms with Gasteiger partial charge < -0.3 is 10.6 Å². The molecule has 1 aliphatic rings. The van der Waals surface area contributed by atoms with Gasteiger partial charge in [0.15, 0.2) is 5.96 Å². The maximum Gasteiger partial charge on any atom is 0.191 e. The van der Waals surface area contributed by atoms with Crippen molar-refractivity contribution in [2.45, 2.75) is 45.8 Å². The van der Waals surface area contributed by atoms with Crippen molar-refractivity contribution in [3.05, 3.63) is 53.3 Å². The molecule has 146 valence electrons. The molecule has 0 aliphatic carbocycles. The molecule has 0 amide bonds. The average molecular weight is 369 g/mol. The summed E-state index contributed by atoms with van der Waals surface area (Å²) < 4.78 is 1.86. The number of nitrogens with one attached hydrogen (secondary N) is 2. The maximum absolute atomic E-state index is 4.72. The molecule has 2 N–H and O–H groups in total. The highest BCUT2D eigenvalue weighted by Crippen LogP contribution is 2.24. The third kappa shape index (κ3) is 4.89. The Bertz CT molecular complexity index is 776. The summed E-state index contributed by atoms with van der Waals surface area (Å²) in [5.74, 6) is 0.851. The SMILES string of the molecule is CCNC(=NCc1ccnn1C)NCC(C)(C)N1CCc2ccccc2C1. The van der Waals surface area contributed by atoms with Crippen LogP contribution in [0.1, 0.15) is 37.6 Å². The average Bonchev–Trinajstić information content (AvgIpc) is 3.08. The number of aryl methyl sites for hydroxylation is 1. The smallest absolute Gasteiger partial charge is 0.191 e. The van der Waals surface area contributed by atoms with Crippen LogP contribution in [-0.4, -0.2) is 45.8 Å². The lowest BCUT2D eigenvalue weighted by atomic mass is 9.94. The largest absolute Gasteiger partial charge is 0.357 e. The van der Waals surface area contributed by atoms with Gasteiger partial charge >= 0.3 is 0 Å². The molecule has 0 unspecified atom stereocenters. The van der Waals surface area contributed by atoms with Gasteiger partial charge in [-0.2, -0.15) is 5.10 Å². The molecule has 0 bridgehead atoms. The zero-order valence-corrected chi connectivity index (χ0v) is 17.0. The van der Waals surface area contributed by atoms with Gasteiger partial charge in [-0.05, 0) is 44.4 Å². The van der Waals surface area contributed by atoms with Crippen molar-refractivity contribution in [1.29, 1.82) is 0 Å². The van der Waals surface area contributed by atoms with Crippen molar-refractivity contribution < 1.29 is 0 Å². The molecule has 1 aromatic heterocycles. The third-order valence-corrected chi connectivity index (χ3v) is 5.34. The Morgan fingerprint density at radius 2 is 1.96 bits per heavy atom. The fourth-order valence-corrected chi connectivity index (χ4v) is 3.48. The van der Waals surface area contributed by atoms with Gasteiger partial charge in [0.05, 0.1) is 12.2 Å². The summed E-state index contributed by atoms with van der Waals surface area (Å²) >= 11 is 0. The van der Waals surface area contributed by atoms with Crippen LogP contribution in [0.3, 0.4) is 0 Å². The molecule has 1 aromatic carbocycles. The summed E-state index contributed by atoms with van der Waals surface area (Å²) in [6.45, 7) is 11.1. The first-order valence-electron chi connectivity index (χ1n) is 9.80. The number of aliphatic imine (C=N–C) groups is 1. The Hall–Kier alpha value is -2.34. The summed E-state index contributed by atoms with van der Waals surface area (Å²) in [6.07, 6.45) is 2.93. The highest BCUT2D eigenvalue weighted by Gasteiger charge is 2.29. The van der Waals surface area contributed by atoms with Crippen molar-refractivity contribution in [2.24, 2.45) is 12.0 Å². The molecule has 1 aliphatic heterocycles. The lowest BCUT2D eigenvalue weighted by molar-refractivity contribution is 0.107. The van der Waals surface area contributed by atoms with E-state index in [0.717, 1.165) is 44.3 Å². The van der Waals surface area contributed by atoms with Gasteiger partial charge in [-0.1, -0.05) is 24.3 Å². The van der Waals surface area contributed by atoms with Crippen LogP contribution in [0.4, 0.5) is 0 Å². The summed E-state index contributed by atoms with van der Waals surface area (Å²) in [6, 6.07) is 10.8. The second-order valence-electron chi connectivity index (χ2n) is 7.75. The molecule has 27 heavy (non-hydrogen) atoms. The van der Waals surface area contributed by atoms with Gasteiger partial charge in [0.25, 0.3) is 0 Å². The third-order valence-electron chi connectivity index (χ3n) is 5.34. The first-order valence-corrected chi connectivity index (χ1v) is 9.80. The number of benzene rings is 1. The molecule has 0 saturated carbocycles. The van der Waals surface area contributed by atoms with Gasteiger partial charge in [-0.25, -0.2) is 4.99 Å². The molecule has 2 heterocycles. The predicted octanol–water partition coefficient (Wildman–Crippen LogP) is 2.31. The summed E-state index contributed by atoms with van der Waals surface area (Å²) in [7, 11) is 1.95. The number of hydrogen-bond acceptors (Lipinski definition) is 3. The van der Waals surface area contributed by atoms with E-state index in [2.05, 4.69) is 65.7 Å². The van der Waals surface area contributed by atoms with Gasteiger partial charge in [0, 0.05) is 45.0 Å². The Morgan fingerprint density at radius 3 is 2.67 bits per heavy atom. The van der Waals surface area contributed by atoms with E-state index in [9.17, 15) is 0 Å². The van der Waals surface area contributed by atoms with E-state index in [4.69, 9.17) is 4.99 Å². The number of nitrogens with zero attached hydrogens (tertiary/aromatic N) is 4. The number of fused-ring (bicyclic) bond motifs is 1. The molecule has 6 heteroatoms. The fraction of sp³-hybridized carbons (Fsp3) is 0.524. The van der Waals surface area contributed by atoms with Crippen LogP contribution in [0, 0.1) is 0 Å². The minimum atomic E-state index is 0.0379. The number of hydrogen-bond donors (Lipinski definition) is 2. The van der Waals surface area contributed by atoms with E-state index in [1.807, 2.05) is 24.0 Å². The summed E-state index contributed by atoms with van der Waals surface area (Å²) in [5.41, 5.74) is 4.08. The molecule has 0 atom stereocenters. The Kier molecular flexibility index (Phi) is 6.16. The first-order chi connectivity index (χ1) is 13.0. The van der Waals surface area contributed by atoms with Gasteiger partial charge in [0.1, 0.15) is 0 Å². The number of aromatic nitrogens is 2. The molecule has 6 nitrogen and oxygen atoms in total.